The van der Waals surface area contributed by atoms with Crippen molar-refractivity contribution in [3.05, 3.63) is 47.0 Å². The molecule has 1 atom stereocenters. The molecule has 4 rings (SSSR count). The second-order valence-corrected chi connectivity index (χ2v) is 9.16. The average molecular weight is 458 g/mol. The third-order valence-corrected chi connectivity index (χ3v) is 6.52. The van der Waals surface area contributed by atoms with E-state index in [9.17, 15) is 14.4 Å². The van der Waals surface area contributed by atoms with Gasteiger partial charge in [-0.2, -0.15) is 0 Å². The van der Waals surface area contributed by atoms with Crippen LogP contribution in [0.1, 0.15) is 66.9 Å². The van der Waals surface area contributed by atoms with E-state index in [1.165, 1.54) is 6.33 Å². The Labute approximate surface area is 192 Å². The summed E-state index contributed by atoms with van der Waals surface area (Å²) in [6.45, 7) is 4.40. The molecule has 1 saturated carbocycles. The fraction of sp³-hybridized carbons (Fsp3) is 0.478. The van der Waals surface area contributed by atoms with Crippen LogP contribution in [-0.4, -0.2) is 50.3 Å². The SMILES string of the molecule is CCCN1C(=O)c2c(C(=O)Nc3cccc(Cl)c3)ncn2C[C@@]1(C)C(=O)NC1CCCC1. The van der Waals surface area contributed by atoms with Crippen molar-refractivity contribution in [3.63, 3.8) is 0 Å². The van der Waals surface area contributed by atoms with Crippen LogP contribution in [0.4, 0.5) is 5.69 Å². The van der Waals surface area contributed by atoms with E-state index in [-0.39, 0.29) is 35.8 Å². The second-order valence-electron chi connectivity index (χ2n) is 8.72. The molecule has 32 heavy (non-hydrogen) atoms. The van der Waals surface area contributed by atoms with Crippen molar-refractivity contribution >= 4 is 35.0 Å². The molecule has 8 nitrogen and oxygen atoms in total. The zero-order valence-corrected chi connectivity index (χ0v) is 19.1. The first-order valence-electron chi connectivity index (χ1n) is 11.1. The van der Waals surface area contributed by atoms with Crippen LogP contribution in [0, 0.1) is 0 Å². The molecular weight excluding hydrogens is 430 g/mol. The second kappa shape index (κ2) is 8.94. The van der Waals surface area contributed by atoms with Crippen molar-refractivity contribution in [2.45, 2.75) is 64.1 Å². The topological polar surface area (TPSA) is 96.3 Å². The maximum absolute atomic E-state index is 13.5. The molecular formula is C23H28ClN5O3. The minimum absolute atomic E-state index is 0.0364. The summed E-state index contributed by atoms with van der Waals surface area (Å²) < 4.78 is 1.62. The van der Waals surface area contributed by atoms with Gasteiger partial charge in [0, 0.05) is 23.3 Å². The van der Waals surface area contributed by atoms with Crippen molar-refractivity contribution in [2.75, 3.05) is 11.9 Å². The minimum atomic E-state index is -1.05. The molecule has 9 heteroatoms. The Morgan fingerprint density at radius 1 is 1.28 bits per heavy atom. The number of carbonyl (C=O) groups excluding carboxylic acids is 3. The maximum Gasteiger partial charge on any atom is 0.276 e. The Bertz CT molecular complexity index is 1050. The summed E-state index contributed by atoms with van der Waals surface area (Å²) in [5, 5.41) is 6.37. The van der Waals surface area contributed by atoms with Gasteiger partial charge in [-0.05, 0) is 44.4 Å². The molecule has 0 saturated heterocycles. The zero-order chi connectivity index (χ0) is 22.9. The van der Waals surface area contributed by atoms with E-state index in [4.69, 9.17) is 11.6 Å². The van der Waals surface area contributed by atoms with E-state index in [0.29, 0.717) is 23.7 Å². The molecule has 1 aromatic heterocycles. The van der Waals surface area contributed by atoms with Gasteiger partial charge in [-0.3, -0.25) is 14.4 Å². The van der Waals surface area contributed by atoms with Crippen LogP contribution >= 0.6 is 11.6 Å². The smallest absolute Gasteiger partial charge is 0.276 e. The Kier molecular flexibility index (Phi) is 6.24. The highest BCUT2D eigenvalue weighted by Crippen LogP contribution is 2.30. The summed E-state index contributed by atoms with van der Waals surface area (Å²) in [6, 6.07) is 6.92. The van der Waals surface area contributed by atoms with E-state index in [0.717, 1.165) is 25.7 Å². The third kappa shape index (κ3) is 4.11. The lowest BCUT2D eigenvalue weighted by molar-refractivity contribution is -0.133. The number of imidazole rings is 1. The molecule has 2 heterocycles. The fourth-order valence-electron chi connectivity index (χ4n) is 4.60. The summed E-state index contributed by atoms with van der Waals surface area (Å²) in [5.41, 5.74) is -0.304. The number of aromatic nitrogens is 2. The van der Waals surface area contributed by atoms with Gasteiger partial charge in [0.2, 0.25) is 5.91 Å². The molecule has 0 spiro atoms. The highest BCUT2D eigenvalue weighted by molar-refractivity contribution is 6.31. The maximum atomic E-state index is 13.5. The Morgan fingerprint density at radius 2 is 2.03 bits per heavy atom. The molecule has 1 aliphatic heterocycles. The highest BCUT2D eigenvalue weighted by Gasteiger charge is 2.48. The standard InChI is InChI=1S/C23H28ClN5O3/c1-3-11-29-21(31)19-18(20(30)26-17-10-6-7-15(24)12-17)25-14-28(19)13-23(29,2)22(32)27-16-8-4-5-9-16/h6-7,10,12,14,16H,3-5,8-9,11,13H2,1-2H3,(H,26,30)(H,27,32)/t23-/m0/s1. The molecule has 1 aliphatic carbocycles. The summed E-state index contributed by atoms with van der Waals surface area (Å²) in [6.07, 6.45) is 6.30. The van der Waals surface area contributed by atoms with E-state index in [1.54, 1.807) is 40.7 Å². The molecule has 170 valence electrons. The van der Waals surface area contributed by atoms with Crippen LogP contribution in [0.5, 0.6) is 0 Å². The molecule has 0 bridgehead atoms. The van der Waals surface area contributed by atoms with Gasteiger partial charge in [0.25, 0.3) is 11.8 Å². The van der Waals surface area contributed by atoms with Gasteiger partial charge in [-0.15, -0.1) is 0 Å². The number of benzene rings is 1. The quantitative estimate of drug-likeness (QED) is 0.694. The number of anilines is 1. The van der Waals surface area contributed by atoms with Crippen molar-refractivity contribution in [1.82, 2.24) is 19.8 Å². The van der Waals surface area contributed by atoms with Gasteiger partial charge in [0.15, 0.2) is 5.69 Å². The van der Waals surface area contributed by atoms with Gasteiger partial charge >= 0.3 is 0 Å². The largest absolute Gasteiger partial charge is 0.351 e. The minimum Gasteiger partial charge on any atom is -0.351 e. The number of nitrogens with zero attached hydrogens (tertiary/aromatic N) is 3. The van der Waals surface area contributed by atoms with Crippen LogP contribution in [0.15, 0.2) is 30.6 Å². The lowest BCUT2D eigenvalue weighted by Gasteiger charge is -2.44. The Balaban J connectivity index is 1.62. The first-order valence-corrected chi connectivity index (χ1v) is 11.5. The Hall–Kier alpha value is -2.87. The number of hydrogen-bond donors (Lipinski definition) is 2. The lowest BCUT2D eigenvalue weighted by atomic mass is 9.93. The van der Waals surface area contributed by atoms with Crippen LogP contribution in [0.2, 0.25) is 5.02 Å². The normalized spacial score (nSPS) is 20.8. The van der Waals surface area contributed by atoms with Gasteiger partial charge in [-0.1, -0.05) is 37.4 Å². The monoisotopic (exact) mass is 457 g/mol. The van der Waals surface area contributed by atoms with Crippen molar-refractivity contribution in [3.8, 4) is 0 Å². The van der Waals surface area contributed by atoms with Gasteiger partial charge in [0.1, 0.15) is 11.2 Å². The number of nitrogens with one attached hydrogen (secondary N) is 2. The molecule has 2 aliphatic rings. The molecule has 0 radical (unpaired) electrons. The molecule has 1 aromatic carbocycles. The number of fused-ring (bicyclic) bond motifs is 1. The number of hydrogen-bond acceptors (Lipinski definition) is 4. The molecule has 1 fully saturated rings. The molecule has 3 amide bonds. The summed E-state index contributed by atoms with van der Waals surface area (Å²) >= 11 is 6.00. The van der Waals surface area contributed by atoms with Crippen molar-refractivity contribution in [1.29, 1.82) is 0 Å². The lowest BCUT2D eigenvalue weighted by Crippen LogP contribution is -2.65. The number of carbonyl (C=O) groups is 3. The van der Waals surface area contributed by atoms with Gasteiger partial charge in [0.05, 0.1) is 12.9 Å². The van der Waals surface area contributed by atoms with E-state index in [1.807, 2.05) is 6.92 Å². The average Bonchev–Trinajstić information content (AvgIpc) is 3.41. The summed E-state index contributed by atoms with van der Waals surface area (Å²) in [4.78, 5) is 45.6. The molecule has 2 N–H and O–H groups in total. The predicted octanol–water partition coefficient (Wildman–Crippen LogP) is 3.47. The first kappa shape index (κ1) is 22.3. The van der Waals surface area contributed by atoms with Crippen LogP contribution in [-0.2, 0) is 11.3 Å². The number of rotatable bonds is 6. The van der Waals surface area contributed by atoms with Crippen LogP contribution in [0.25, 0.3) is 0 Å². The summed E-state index contributed by atoms with van der Waals surface area (Å²) in [5.74, 6) is -1.02. The fourth-order valence-corrected chi connectivity index (χ4v) is 4.79. The van der Waals surface area contributed by atoms with Crippen LogP contribution in [0.3, 0.4) is 0 Å². The van der Waals surface area contributed by atoms with E-state index < -0.39 is 11.4 Å². The highest BCUT2D eigenvalue weighted by atomic mass is 35.5. The number of amides is 3. The predicted molar refractivity (Wildman–Crippen MR) is 122 cm³/mol. The van der Waals surface area contributed by atoms with Crippen LogP contribution < -0.4 is 10.6 Å². The molecule has 2 aromatic rings. The molecule has 0 unspecified atom stereocenters. The third-order valence-electron chi connectivity index (χ3n) is 6.28. The van der Waals surface area contributed by atoms with E-state index in [2.05, 4.69) is 15.6 Å². The van der Waals surface area contributed by atoms with Gasteiger partial charge in [-0.25, -0.2) is 4.98 Å². The zero-order valence-electron chi connectivity index (χ0n) is 18.4. The number of halogens is 1. The van der Waals surface area contributed by atoms with E-state index >= 15 is 0 Å². The van der Waals surface area contributed by atoms with Gasteiger partial charge < -0.3 is 20.1 Å². The summed E-state index contributed by atoms with van der Waals surface area (Å²) in [7, 11) is 0. The van der Waals surface area contributed by atoms with Crippen molar-refractivity contribution in [2.24, 2.45) is 0 Å². The van der Waals surface area contributed by atoms with Crippen molar-refractivity contribution < 1.29 is 14.4 Å². The Morgan fingerprint density at radius 3 is 2.72 bits per heavy atom. The first-order chi connectivity index (χ1) is 15.3.